The Morgan fingerprint density at radius 2 is 2.00 bits per heavy atom. The van der Waals surface area contributed by atoms with Crippen LogP contribution in [0.25, 0.3) is 10.1 Å². The molecule has 2 heterocycles. The molecule has 1 amide bonds. The number of carbonyl (C=O) groups excluding carboxylic acids is 1. The lowest BCUT2D eigenvalue weighted by Gasteiger charge is -2.34. The largest absolute Gasteiger partial charge is 0.395 e. The van der Waals surface area contributed by atoms with Gasteiger partial charge in [-0.2, -0.15) is 0 Å². The third kappa shape index (κ3) is 3.40. The van der Waals surface area contributed by atoms with Gasteiger partial charge in [0.25, 0.3) is 5.91 Å². The van der Waals surface area contributed by atoms with Gasteiger partial charge in [-0.3, -0.25) is 9.69 Å². The highest BCUT2D eigenvalue weighted by molar-refractivity contribution is 7.21. The first-order valence-electron chi connectivity index (χ1n) is 7.86. The lowest BCUT2D eigenvalue weighted by molar-refractivity contribution is 0.0616. The molecule has 23 heavy (non-hydrogen) atoms. The number of thiophene rings is 1. The molecule has 6 heteroatoms. The van der Waals surface area contributed by atoms with Crippen molar-refractivity contribution >= 4 is 27.3 Å². The van der Waals surface area contributed by atoms with Crippen LogP contribution in [0.2, 0.25) is 0 Å². The molecule has 0 spiro atoms. The van der Waals surface area contributed by atoms with Gasteiger partial charge in [-0.05, 0) is 11.5 Å². The molecule has 1 aliphatic heterocycles. The van der Waals surface area contributed by atoms with E-state index in [2.05, 4.69) is 17.0 Å². The molecule has 0 bridgehead atoms. The molecule has 0 radical (unpaired) electrons. The van der Waals surface area contributed by atoms with Gasteiger partial charge in [0.05, 0.1) is 18.1 Å². The normalized spacial score (nSPS) is 16.2. The van der Waals surface area contributed by atoms with E-state index in [-0.39, 0.29) is 12.5 Å². The maximum absolute atomic E-state index is 12.9. The Labute approximate surface area is 140 Å². The molecule has 1 aliphatic rings. The van der Waals surface area contributed by atoms with Crippen LogP contribution < -0.4 is 0 Å². The smallest absolute Gasteiger partial charge is 0.264 e. The maximum Gasteiger partial charge on any atom is 0.264 e. The topological polar surface area (TPSA) is 53.0 Å². The molecule has 3 rings (SSSR count). The van der Waals surface area contributed by atoms with E-state index in [0.717, 1.165) is 33.6 Å². The van der Waals surface area contributed by atoms with Gasteiger partial charge in [0.2, 0.25) is 0 Å². The van der Waals surface area contributed by atoms with Crippen molar-refractivity contribution < 1.29 is 14.6 Å². The van der Waals surface area contributed by atoms with Crippen LogP contribution in [0.15, 0.2) is 24.3 Å². The van der Waals surface area contributed by atoms with Gasteiger partial charge in [-0.15, -0.1) is 11.3 Å². The van der Waals surface area contributed by atoms with Crippen molar-refractivity contribution in [2.75, 3.05) is 46.4 Å². The second kappa shape index (κ2) is 7.40. The first kappa shape index (κ1) is 16.4. The van der Waals surface area contributed by atoms with Crippen LogP contribution >= 0.6 is 11.3 Å². The Morgan fingerprint density at radius 1 is 1.26 bits per heavy atom. The van der Waals surface area contributed by atoms with Crippen LogP contribution in [0.4, 0.5) is 0 Å². The average molecular weight is 334 g/mol. The highest BCUT2D eigenvalue weighted by atomic mass is 32.1. The van der Waals surface area contributed by atoms with Gasteiger partial charge < -0.3 is 14.7 Å². The highest BCUT2D eigenvalue weighted by Gasteiger charge is 2.26. The molecular formula is C17H22N2O3S. The second-order valence-electron chi connectivity index (χ2n) is 5.70. The van der Waals surface area contributed by atoms with Crippen molar-refractivity contribution in [1.82, 2.24) is 9.80 Å². The third-order valence-corrected chi connectivity index (χ3v) is 5.46. The number of nitrogens with zero attached hydrogens (tertiary/aromatic N) is 2. The SMILES string of the molecule is COCc1c(C(=O)N2CCN(CCO)CC2)sc2ccccc12. The molecule has 124 valence electrons. The second-order valence-corrected chi connectivity index (χ2v) is 6.75. The fraction of sp³-hybridized carbons (Fsp3) is 0.471. The first-order valence-corrected chi connectivity index (χ1v) is 8.68. The summed E-state index contributed by atoms with van der Waals surface area (Å²) in [5, 5.41) is 10.1. The van der Waals surface area contributed by atoms with Gasteiger partial charge in [0.1, 0.15) is 0 Å². The number of rotatable bonds is 5. The average Bonchev–Trinajstić information content (AvgIpc) is 2.94. The van der Waals surface area contributed by atoms with E-state index in [0.29, 0.717) is 26.2 Å². The molecule has 1 aromatic heterocycles. The number of piperazine rings is 1. The Bertz CT molecular complexity index is 678. The lowest BCUT2D eigenvalue weighted by Crippen LogP contribution is -2.49. The Morgan fingerprint density at radius 3 is 2.70 bits per heavy atom. The third-order valence-electron chi connectivity index (χ3n) is 4.26. The summed E-state index contributed by atoms with van der Waals surface area (Å²) < 4.78 is 6.45. The molecule has 5 nitrogen and oxygen atoms in total. The number of hydrogen-bond acceptors (Lipinski definition) is 5. The number of amides is 1. The Hall–Kier alpha value is -1.47. The summed E-state index contributed by atoms with van der Waals surface area (Å²) >= 11 is 1.55. The van der Waals surface area contributed by atoms with E-state index < -0.39 is 0 Å². The van der Waals surface area contributed by atoms with E-state index in [1.807, 2.05) is 17.0 Å². The van der Waals surface area contributed by atoms with Crippen molar-refractivity contribution in [3.8, 4) is 0 Å². The van der Waals surface area contributed by atoms with Crippen molar-refractivity contribution in [2.45, 2.75) is 6.61 Å². The number of ether oxygens (including phenoxy) is 1. The summed E-state index contributed by atoms with van der Waals surface area (Å²) in [6, 6.07) is 8.10. The molecule has 1 saturated heterocycles. The molecule has 1 fully saturated rings. The van der Waals surface area contributed by atoms with Gasteiger partial charge in [-0.1, -0.05) is 18.2 Å². The minimum Gasteiger partial charge on any atom is -0.395 e. The fourth-order valence-corrected chi connectivity index (χ4v) is 4.19. The van der Waals surface area contributed by atoms with Crippen molar-refractivity contribution in [3.63, 3.8) is 0 Å². The van der Waals surface area contributed by atoms with Crippen LogP contribution in [-0.2, 0) is 11.3 Å². The summed E-state index contributed by atoms with van der Waals surface area (Å²) in [7, 11) is 1.66. The number of fused-ring (bicyclic) bond motifs is 1. The summed E-state index contributed by atoms with van der Waals surface area (Å²) in [5.74, 6) is 0.0990. The van der Waals surface area contributed by atoms with E-state index in [9.17, 15) is 4.79 Å². The minimum atomic E-state index is 0.0990. The van der Waals surface area contributed by atoms with Gasteiger partial charge >= 0.3 is 0 Å². The summed E-state index contributed by atoms with van der Waals surface area (Å²) in [5.41, 5.74) is 0.996. The standard InChI is InChI=1S/C17H22N2O3S/c1-22-12-14-13-4-2-3-5-15(13)23-16(14)17(21)19-8-6-18(7-9-19)10-11-20/h2-5,20H,6-12H2,1H3. The number of benzene rings is 1. The minimum absolute atomic E-state index is 0.0990. The molecule has 1 N–H and O–H groups in total. The predicted octanol–water partition coefficient (Wildman–Crippen LogP) is 1.80. The van der Waals surface area contributed by atoms with Gasteiger partial charge in [-0.25, -0.2) is 0 Å². The van der Waals surface area contributed by atoms with Crippen LogP contribution in [-0.4, -0.2) is 67.3 Å². The molecule has 0 unspecified atom stereocenters. The van der Waals surface area contributed by atoms with Crippen molar-refractivity contribution in [3.05, 3.63) is 34.7 Å². The summed E-state index contributed by atoms with van der Waals surface area (Å²) in [4.78, 5) is 17.8. The van der Waals surface area contributed by atoms with E-state index in [1.54, 1.807) is 18.4 Å². The maximum atomic E-state index is 12.9. The van der Waals surface area contributed by atoms with Crippen LogP contribution in [0.5, 0.6) is 0 Å². The molecule has 2 aromatic rings. The van der Waals surface area contributed by atoms with Gasteiger partial charge in [0.15, 0.2) is 0 Å². The highest BCUT2D eigenvalue weighted by Crippen LogP contribution is 2.32. The first-order chi connectivity index (χ1) is 11.2. The lowest BCUT2D eigenvalue weighted by atomic mass is 10.1. The molecule has 0 aliphatic carbocycles. The molecule has 0 saturated carbocycles. The molecule has 1 aromatic carbocycles. The zero-order valence-corrected chi connectivity index (χ0v) is 14.1. The number of aliphatic hydroxyl groups is 1. The van der Waals surface area contributed by atoms with Gasteiger partial charge in [0, 0.05) is 50.1 Å². The summed E-state index contributed by atoms with van der Waals surface area (Å²) in [6.07, 6.45) is 0. The fourth-order valence-electron chi connectivity index (χ4n) is 3.02. The van der Waals surface area contributed by atoms with Crippen LogP contribution in [0.3, 0.4) is 0 Å². The Balaban J connectivity index is 1.82. The molecular weight excluding hydrogens is 312 g/mol. The van der Waals surface area contributed by atoms with Crippen LogP contribution in [0.1, 0.15) is 15.2 Å². The van der Waals surface area contributed by atoms with E-state index in [1.165, 1.54) is 0 Å². The van der Waals surface area contributed by atoms with E-state index >= 15 is 0 Å². The zero-order chi connectivity index (χ0) is 16.2. The predicted molar refractivity (Wildman–Crippen MR) is 92.0 cm³/mol. The van der Waals surface area contributed by atoms with Crippen LogP contribution in [0, 0.1) is 0 Å². The zero-order valence-electron chi connectivity index (χ0n) is 13.3. The Kier molecular flexibility index (Phi) is 5.27. The van der Waals surface area contributed by atoms with Crippen molar-refractivity contribution in [2.24, 2.45) is 0 Å². The van der Waals surface area contributed by atoms with E-state index in [4.69, 9.17) is 9.84 Å². The van der Waals surface area contributed by atoms with Crippen molar-refractivity contribution in [1.29, 1.82) is 0 Å². The quantitative estimate of drug-likeness (QED) is 0.906. The number of methoxy groups -OCH3 is 1. The monoisotopic (exact) mass is 334 g/mol. The number of carbonyl (C=O) groups is 1. The molecule has 0 atom stereocenters. The number of aliphatic hydroxyl groups excluding tert-OH is 1. The summed E-state index contributed by atoms with van der Waals surface area (Å²) in [6.45, 7) is 4.35. The number of hydrogen-bond donors (Lipinski definition) is 1. The number of β-amino-alcohol motifs (C(OH)–C–C–N with tert-alkyl or cyclic N) is 1.